The molecule has 7 heteroatoms. The summed E-state index contributed by atoms with van der Waals surface area (Å²) < 4.78 is 0. The third-order valence-electron chi connectivity index (χ3n) is 4.67. The van der Waals surface area contributed by atoms with E-state index in [1.807, 2.05) is 18.2 Å². The number of hydrogen-bond acceptors (Lipinski definition) is 5. The molecule has 26 heavy (non-hydrogen) atoms. The quantitative estimate of drug-likeness (QED) is 0.851. The molecule has 0 spiro atoms. The van der Waals surface area contributed by atoms with Crippen LogP contribution < -0.4 is 5.73 Å². The summed E-state index contributed by atoms with van der Waals surface area (Å²) in [5.74, 6) is 0.0389. The number of carbonyl (C=O) groups excluding carboxylic acids is 2. The van der Waals surface area contributed by atoms with Gasteiger partial charge in [-0.05, 0) is 18.9 Å². The Bertz CT molecular complexity index is 763. The van der Waals surface area contributed by atoms with Gasteiger partial charge in [0.05, 0.1) is 5.56 Å². The summed E-state index contributed by atoms with van der Waals surface area (Å²) in [4.78, 5) is 36.4. The van der Waals surface area contributed by atoms with Crippen molar-refractivity contribution in [2.45, 2.75) is 19.4 Å². The first-order valence-electron chi connectivity index (χ1n) is 8.70. The van der Waals surface area contributed by atoms with Crippen LogP contribution >= 0.6 is 0 Å². The molecule has 2 amide bonds. The average Bonchev–Trinajstić information content (AvgIpc) is 2.67. The number of aryl methyl sites for hydroxylation is 1. The van der Waals surface area contributed by atoms with E-state index in [1.165, 1.54) is 18.0 Å². The van der Waals surface area contributed by atoms with Gasteiger partial charge in [-0.25, -0.2) is 9.97 Å². The lowest BCUT2D eigenvalue weighted by atomic mass is 10.1. The number of nitrogens with zero attached hydrogens (tertiary/aromatic N) is 4. The summed E-state index contributed by atoms with van der Waals surface area (Å²) in [6, 6.07) is 9.63. The first-order valence-corrected chi connectivity index (χ1v) is 8.70. The number of carbonyl (C=O) groups is 2. The highest BCUT2D eigenvalue weighted by Gasteiger charge is 2.33. The molecular formula is C19H23N5O2. The van der Waals surface area contributed by atoms with Gasteiger partial charge in [0.15, 0.2) is 0 Å². The molecular weight excluding hydrogens is 330 g/mol. The van der Waals surface area contributed by atoms with E-state index in [9.17, 15) is 9.59 Å². The first-order chi connectivity index (χ1) is 12.5. The van der Waals surface area contributed by atoms with Crippen LogP contribution in [0.3, 0.4) is 0 Å². The minimum atomic E-state index is -0.484. The Balaban J connectivity index is 1.64. The number of hydrogen-bond donors (Lipinski definition) is 1. The fourth-order valence-corrected chi connectivity index (χ4v) is 3.15. The Kier molecular flexibility index (Phi) is 5.58. The lowest BCUT2D eigenvalue weighted by Gasteiger charge is -2.39. The number of aromatic nitrogens is 2. The maximum absolute atomic E-state index is 12.6. The third-order valence-corrected chi connectivity index (χ3v) is 4.67. The summed E-state index contributed by atoms with van der Waals surface area (Å²) in [6.45, 7) is 3.94. The topological polar surface area (TPSA) is 92.4 Å². The van der Waals surface area contributed by atoms with Crippen LogP contribution in [-0.4, -0.2) is 63.8 Å². The molecule has 0 unspecified atom stereocenters. The van der Waals surface area contributed by atoms with E-state index in [0.717, 1.165) is 13.0 Å². The Morgan fingerprint density at radius 3 is 2.50 bits per heavy atom. The summed E-state index contributed by atoms with van der Waals surface area (Å²) >= 11 is 0. The van der Waals surface area contributed by atoms with Crippen molar-refractivity contribution in [2.24, 2.45) is 5.73 Å². The van der Waals surface area contributed by atoms with Gasteiger partial charge in [-0.3, -0.25) is 14.5 Å². The van der Waals surface area contributed by atoms with Crippen LogP contribution in [0.25, 0.3) is 0 Å². The van der Waals surface area contributed by atoms with Crippen molar-refractivity contribution in [3.63, 3.8) is 0 Å². The molecule has 0 radical (unpaired) electrons. The van der Waals surface area contributed by atoms with Gasteiger partial charge in [0.2, 0.25) is 5.91 Å². The predicted molar refractivity (Wildman–Crippen MR) is 97.4 cm³/mol. The van der Waals surface area contributed by atoms with E-state index >= 15 is 0 Å². The van der Waals surface area contributed by atoms with Crippen LogP contribution in [0.5, 0.6) is 0 Å². The van der Waals surface area contributed by atoms with Gasteiger partial charge in [0.25, 0.3) is 5.91 Å². The smallest absolute Gasteiger partial charge is 0.257 e. The van der Waals surface area contributed by atoms with E-state index in [1.54, 1.807) is 11.8 Å². The zero-order valence-electron chi connectivity index (χ0n) is 14.8. The number of rotatable bonds is 5. The lowest BCUT2D eigenvalue weighted by Crippen LogP contribution is -2.59. The fraction of sp³-hybridized carbons (Fsp3) is 0.368. The van der Waals surface area contributed by atoms with Crippen molar-refractivity contribution in [3.8, 4) is 0 Å². The van der Waals surface area contributed by atoms with E-state index in [2.05, 4.69) is 27.0 Å². The molecule has 1 saturated heterocycles. The van der Waals surface area contributed by atoms with Gasteiger partial charge in [-0.1, -0.05) is 30.3 Å². The van der Waals surface area contributed by atoms with Crippen LogP contribution in [0.4, 0.5) is 0 Å². The van der Waals surface area contributed by atoms with Crippen molar-refractivity contribution in [1.29, 1.82) is 0 Å². The van der Waals surface area contributed by atoms with Gasteiger partial charge in [0, 0.05) is 38.6 Å². The number of amides is 2. The number of primary amides is 1. The predicted octanol–water partition coefficient (Wildman–Crippen LogP) is 0.639. The molecule has 1 aliphatic rings. The fourth-order valence-electron chi connectivity index (χ4n) is 3.15. The second kappa shape index (κ2) is 8.05. The summed E-state index contributed by atoms with van der Waals surface area (Å²) in [5.41, 5.74) is 7.25. The van der Waals surface area contributed by atoms with Crippen molar-refractivity contribution >= 4 is 11.8 Å². The maximum Gasteiger partial charge on any atom is 0.257 e. The molecule has 7 nitrogen and oxygen atoms in total. The molecule has 1 aromatic heterocycles. The molecule has 1 aliphatic heterocycles. The van der Waals surface area contributed by atoms with E-state index in [4.69, 9.17) is 5.73 Å². The molecule has 0 saturated carbocycles. The summed E-state index contributed by atoms with van der Waals surface area (Å²) in [5, 5.41) is 0. The molecule has 136 valence electrons. The molecule has 1 atom stereocenters. The SMILES string of the molecule is Cc1ncc(C(=O)N2CCN(CCc3ccccc3)[C@H](C(N)=O)C2)cn1. The van der Waals surface area contributed by atoms with E-state index in [0.29, 0.717) is 24.5 Å². The summed E-state index contributed by atoms with van der Waals surface area (Å²) in [7, 11) is 0. The molecule has 1 fully saturated rings. The minimum absolute atomic E-state index is 0.168. The van der Waals surface area contributed by atoms with Crippen molar-refractivity contribution in [1.82, 2.24) is 19.8 Å². The molecule has 1 aromatic carbocycles. The lowest BCUT2D eigenvalue weighted by molar-refractivity contribution is -0.125. The molecule has 0 aliphatic carbocycles. The highest BCUT2D eigenvalue weighted by molar-refractivity contribution is 5.94. The van der Waals surface area contributed by atoms with Crippen LogP contribution in [0.15, 0.2) is 42.7 Å². The summed E-state index contributed by atoms with van der Waals surface area (Å²) in [6.07, 6.45) is 3.88. The van der Waals surface area contributed by atoms with Crippen LogP contribution in [0.2, 0.25) is 0 Å². The normalized spacial score (nSPS) is 17.9. The minimum Gasteiger partial charge on any atom is -0.368 e. The van der Waals surface area contributed by atoms with Gasteiger partial charge >= 0.3 is 0 Å². The highest BCUT2D eigenvalue weighted by atomic mass is 16.2. The zero-order chi connectivity index (χ0) is 18.5. The second-order valence-electron chi connectivity index (χ2n) is 6.46. The van der Waals surface area contributed by atoms with Crippen molar-refractivity contribution < 1.29 is 9.59 Å². The largest absolute Gasteiger partial charge is 0.368 e. The van der Waals surface area contributed by atoms with E-state index < -0.39 is 11.9 Å². The Morgan fingerprint density at radius 2 is 1.85 bits per heavy atom. The molecule has 2 aromatic rings. The van der Waals surface area contributed by atoms with Gasteiger partial charge < -0.3 is 10.6 Å². The molecule has 3 rings (SSSR count). The molecule has 0 bridgehead atoms. The number of piperazine rings is 1. The molecule has 2 N–H and O–H groups in total. The average molecular weight is 353 g/mol. The zero-order valence-corrected chi connectivity index (χ0v) is 14.8. The van der Waals surface area contributed by atoms with Crippen LogP contribution in [0.1, 0.15) is 21.7 Å². The van der Waals surface area contributed by atoms with E-state index in [-0.39, 0.29) is 12.5 Å². The monoisotopic (exact) mass is 353 g/mol. The van der Waals surface area contributed by atoms with Gasteiger partial charge in [-0.15, -0.1) is 0 Å². The van der Waals surface area contributed by atoms with Crippen molar-refractivity contribution in [2.75, 3.05) is 26.2 Å². The number of benzene rings is 1. The Hall–Kier alpha value is -2.80. The number of nitrogens with two attached hydrogens (primary N) is 1. The highest BCUT2D eigenvalue weighted by Crippen LogP contribution is 2.14. The first kappa shape index (κ1) is 18.0. The Labute approximate surface area is 152 Å². The van der Waals surface area contributed by atoms with Gasteiger partial charge in [-0.2, -0.15) is 0 Å². The maximum atomic E-state index is 12.6. The standard InChI is InChI=1S/C19H23N5O2/c1-14-21-11-16(12-22-14)19(26)24-10-9-23(17(13-24)18(20)25)8-7-15-5-3-2-4-6-15/h2-6,11-12,17H,7-10,13H2,1H3,(H2,20,25)/t17-/m0/s1. The second-order valence-corrected chi connectivity index (χ2v) is 6.46. The third kappa shape index (κ3) is 4.23. The van der Waals surface area contributed by atoms with Crippen molar-refractivity contribution in [3.05, 3.63) is 59.7 Å². The Morgan fingerprint density at radius 1 is 1.15 bits per heavy atom. The van der Waals surface area contributed by atoms with Crippen LogP contribution in [0, 0.1) is 6.92 Å². The van der Waals surface area contributed by atoms with Gasteiger partial charge in [0.1, 0.15) is 11.9 Å². The molecule has 2 heterocycles. The van der Waals surface area contributed by atoms with Crippen LogP contribution in [-0.2, 0) is 11.2 Å².